The first-order valence-electron chi connectivity index (χ1n) is 5.91. The molecule has 0 aromatic heterocycles. The summed E-state index contributed by atoms with van der Waals surface area (Å²) in [6.07, 6.45) is 3.94. The van der Waals surface area contributed by atoms with Gasteiger partial charge in [-0.2, -0.15) is 5.26 Å². The van der Waals surface area contributed by atoms with Gasteiger partial charge in [0, 0.05) is 12.5 Å². The van der Waals surface area contributed by atoms with Crippen molar-refractivity contribution in [3.8, 4) is 17.6 Å². The molecule has 0 saturated heterocycles. The van der Waals surface area contributed by atoms with E-state index < -0.39 is 5.97 Å². The second kappa shape index (κ2) is 6.45. The quantitative estimate of drug-likeness (QED) is 0.461. The van der Waals surface area contributed by atoms with Gasteiger partial charge in [0.15, 0.2) is 11.5 Å². The first kappa shape index (κ1) is 13.0. The summed E-state index contributed by atoms with van der Waals surface area (Å²) in [6.45, 7) is 0.487. The van der Waals surface area contributed by atoms with Crippen LogP contribution in [0.3, 0.4) is 0 Å². The van der Waals surface area contributed by atoms with Gasteiger partial charge in [-0.1, -0.05) is 6.07 Å². The predicted octanol–water partition coefficient (Wildman–Crippen LogP) is 2.28. The van der Waals surface area contributed by atoms with E-state index in [4.69, 9.17) is 19.5 Å². The molecule has 0 unspecified atom stereocenters. The number of hydrogen-bond acceptors (Lipinski definition) is 5. The zero-order valence-corrected chi connectivity index (χ0v) is 10.3. The minimum atomic E-state index is -0.421. The maximum Gasteiger partial charge on any atom is 0.330 e. The van der Waals surface area contributed by atoms with E-state index in [2.05, 4.69) is 0 Å². The van der Waals surface area contributed by atoms with Crippen molar-refractivity contribution in [2.75, 3.05) is 13.4 Å². The maximum atomic E-state index is 11.4. The van der Waals surface area contributed by atoms with Crippen molar-refractivity contribution >= 4 is 12.0 Å². The average molecular weight is 259 g/mol. The second-order valence-electron chi connectivity index (χ2n) is 3.88. The average Bonchev–Trinajstić information content (AvgIpc) is 2.89. The lowest BCUT2D eigenvalue weighted by Crippen LogP contribution is -2.01. The summed E-state index contributed by atoms with van der Waals surface area (Å²) in [4.78, 5) is 11.4. The molecule has 5 nitrogen and oxygen atoms in total. The van der Waals surface area contributed by atoms with E-state index in [1.165, 1.54) is 6.08 Å². The van der Waals surface area contributed by atoms with Crippen LogP contribution >= 0.6 is 0 Å². The molecule has 1 aromatic carbocycles. The summed E-state index contributed by atoms with van der Waals surface area (Å²) >= 11 is 0. The van der Waals surface area contributed by atoms with Gasteiger partial charge in [-0.25, -0.2) is 4.79 Å². The zero-order valence-electron chi connectivity index (χ0n) is 10.3. The van der Waals surface area contributed by atoms with Crippen LogP contribution in [0.2, 0.25) is 0 Å². The molecule has 98 valence electrons. The zero-order chi connectivity index (χ0) is 13.5. The summed E-state index contributed by atoms with van der Waals surface area (Å²) in [6, 6.07) is 7.40. The molecule has 0 radical (unpaired) electrons. The molecule has 19 heavy (non-hydrogen) atoms. The molecule has 0 amide bonds. The van der Waals surface area contributed by atoms with Crippen LogP contribution in [-0.4, -0.2) is 19.4 Å². The number of hydrogen-bond donors (Lipinski definition) is 0. The molecule has 0 bridgehead atoms. The first-order chi connectivity index (χ1) is 9.29. The van der Waals surface area contributed by atoms with Gasteiger partial charge in [-0.15, -0.1) is 0 Å². The number of carbonyl (C=O) groups excluding carboxylic acids is 1. The molecule has 0 saturated carbocycles. The van der Waals surface area contributed by atoms with Gasteiger partial charge in [0.25, 0.3) is 0 Å². The molecule has 1 aromatic rings. The number of unbranched alkanes of at least 4 members (excludes halogenated alkanes) is 1. The number of rotatable bonds is 5. The monoisotopic (exact) mass is 259 g/mol. The Balaban J connectivity index is 1.85. The smallest absolute Gasteiger partial charge is 0.330 e. The van der Waals surface area contributed by atoms with Gasteiger partial charge in [0.05, 0.1) is 12.7 Å². The number of esters is 1. The van der Waals surface area contributed by atoms with E-state index in [9.17, 15) is 4.79 Å². The number of fused-ring (bicyclic) bond motifs is 1. The Labute approximate surface area is 111 Å². The molecule has 1 aliphatic heterocycles. The Bertz CT molecular complexity index is 531. The minimum Gasteiger partial charge on any atom is -0.462 e. The van der Waals surface area contributed by atoms with Crippen molar-refractivity contribution in [1.82, 2.24) is 0 Å². The number of ether oxygens (including phenoxy) is 3. The van der Waals surface area contributed by atoms with Crippen molar-refractivity contribution in [3.63, 3.8) is 0 Å². The normalized spacial score (nSPS) is 12.4. The second-order valence-corrected chi connectivity index (χ2v) is 3.88. The van der Waals surface area contributed by atoms with Crippen LogP contribution in [0, 0.1) is 11.3 Å². The van der Waals surface area contributed by atoms with Gasteiger partial charge < -0.3 is 14.2 Å². The highest BCUT2D eigenvalue weighted by Crippen LogP contribution is 2.32. The predicted molar refractivity (Wildman–Crippen MR) is 67.4 cm³/mol. The summed E-state index contributed by atoms with van der Waals surface area (Å²) in [5.74, 6) is 0.955. The molecule has 0 aliphatic carbocycles. The molecule has 0 atom stereocenters. The maximum absolute atomic E-state index is 11.4. The lowest BCUT2D eigenvalue weighted by molar-refractivity contribution is -0.137. The van der Waals surface area contributed by atoms with Crippen LogP contribution in [0.5, 0.6) is 11.5 Å². The fraction of sp³-hybridized carbons (Fsp3) is 0.286. The van der Waals surface area contributed by atoms with Gasteiger partial charge in [0.1, 0.15) is 0 Å². The van der Waals surface area contributed by atoms with Crippen molar-refractivity contribution < 1.29 is 19.0 Å². The number of benzene rings is 1. The number of nitrogens with zero attached hydrogens (tertiary/aromatic N) is 1. The Morgan fingerprint density at radius 2 is 2.26 bits per heavy atom. The van der Waals surface area contributed by atoms with Crippen LogP contribution in [-0.2, 0) is 9.53 Å². The number of nitriles is 1. The molecular weight excluding hydrogens is 246 g/mol. The Morgan fingerprint density at radius 3 is 3.11 bits per heavy atom. The van der Waals surface area contributed by atoms with Crippen LogP contribution < -0.4 is 9.47 Å². The fourth-order valence-electron chi connectivity index (χ4n) is 1.55. The van der Waals surface area contributed by atoms with Crippen LogP contribution in [0.25, 0.3) is 6.08 Å². The van der Waals surface area contributed by atoms with Crippen molar-refractivity contribution in [1.29, 1.82) is 5.26 Å². The van der Waals surface area contributed by atoms with E-state index in [1.54, 1.807) is 18.2 Å². The largest absolute Gasteiger partial charge is 0.462 e. The fourth-order valence-corrected chi connectivity index (χ4v) is 1.55. The molecule has 1 aliphatic rings. The molecule has 1 heterocycles. The third-order valence-electron chi connectivity index (χ3n) is 2.49. The lowest BCUT2D eigenvalue weighted by Gasteiger charge is -1.99. The SMILES string of the molecule is N#CCCCOC(=O)/C=C/c1ccc2c(c1)OCO2. The summed E-state index contributed by atoms with van der Waals surface area (Å²) in [5, 5.41) is 8.33. The van der Waals surface area contributed by atoms with E-state index in [0.29, 0.717) is 24.3 Å². The minimum absolute atomic E-state index is 0.226. The Kier molecular flexibility index (Phi) is 4.40. The van der Waals surface area contributed by atoms with Crippen LogP contribution in [0.15, 0.2) is 24.3 Å². The van der Waals surface area contributed by atoms with Crippen molar-refractivity contribution in [2.45, 2.75) is 12.8 Å². The lowest BCUT2D eigenvalue weighted by atomic mass is 10.2. The van der Waals surface area contributed by atoms with Crippen molar-refractivity contribution in [2.24, 2.45) is 0 Å². The van der Waals surface area contributed by atoms with Gasteiger partial charge in [0.2, 0.25) is 6.79 Å². The highest BCUT2D eigenvalue weighted by molar-refractivity contribution is 5.87. The first-order valence-corrected chi connectivity index (χ1v) is 5.91. The van der Waals surface area contributed by atoms with Gasteiger partial charge in [-0.05, 0) is 30.2 Å². The van der Waals surface area contributed by atoms with E-state index >= 15 is 0 Å². The van der Waals surface area contributed by atoms with E-state index in [0.717, 1.165) is 5.56 Å². The van der Waals surface area contributed by atoms with Crippen LogP contribution in [0.1, 0.15) is 18.4 Å². The molecule has 2 rings (SSSR count). The Morgan fingerprint density at radius 1 is 1.42 bits per heavy atom. The Hall–Kier alpha value is -2.48. The van der Waals surface area contributed by atoms with E-state index in [1.807, 2.05) is 12.1 Å². The third-order valence-corrected chi connectivity index (χ3v) is 2.49. The topological polar surface area (TPSA) is 68.5 Å². The standard InChI is InChI=1S/C14H13NO4/c15-7-1-2-8-17-14(16)6-4-11-3-5-12-13(9-11)19-10-18-12/h3-6,9H,1-2,8,10H2/b6-4+. The van der Waals surface area contributed by atoms with Crippen molar-refractivity contribution in [3.05, 3.63) is 29.8 Å². The number of carbonyl (C=O) groups is 1. The molecule has 5 heteroatoms. The summed E-state index contributed by atoms with van der Waals surface area (Å²) in [5.41, 5.74) is 0.832. The molecule has 0 N–H and O–H groups in total. The summed E-state index contributed by atoms with van der Waals surface area (Å²) in [7, 11) is 0. The van der Waals surface area contributed by atoms with Gasteiger partial charge >= 0.3 is 5.97 Å². The molecule has 0 fully saturated rings. The summed E-state index contributed by atoms with van der Waals surface area (Å²) < 4.78 is 15.4. The third kappa shape index (κ3) is 3.75. The van der Waals surface area contributed by atoms with E-state index in [-0.39, 0.29) is 13.4 Å². The highest BCUT2D eigenvalue weighted by Gasteiger charge is 2.12. The molecule has 0 spiro atoms. The van der Waals surface area contributed by atoms with Gasteiger partial charge in [-0.3, -0.25) is 0 Å². The highest BCUT2D eigenvalue weighted by atomic mass is 16.7. The molecular formula is C14H13NO4. The van der Waals surface area contributed by atoms with Crippen LogP contribution in [0.4, 0.5) is 0 Å².